The summed E-state index contributed by atoms with van der Waals surface area (Å²) in [5.41, 5.74) is 6.40. The van der Waals surface area contributed by atoms with Gasteiger partial charge in [-0.1, -0.05) is 25.1 Å². The average Bonchev–Trinajstić information content (AvgIpc) is 3.11. The number of allylic oxidation sites excluding steroid dienone is 1. The molecular formula is C20H19N5O3. The highest BCUT2D eigenvalue weighted by Gasteiger charge is 2.23. The molecule has 3 aromatic rings. The van der Waals surface area contributed by atoms with E-state index >= 15 is 0 Å². The van der Waals surface area contributed by atoms with Crippen LogP contribution in [0.3, 0.4) is 0 Å². The Morgan fingerprint density at radius 1 is 1.29 bits per heavy atom. The predicted octanol–water partition coefficient (Wildman–Crippen LogP) is 1.50. The quantitative estimate of drug-likeness (QED) is 0.405. The third-order valence-corrected chi connectivity index (χ3v) is 4.82. The van der Waals surface area contributed by atoms with Crippen LogP contribution in [0.15, 0.2) is 39.6 Å². The molecule has 0 unspecified atom stereocenters. The van der Waals surface area contributed by atoms with Crippen molar-refractivity contribution in [2.24, 2.45) is 14.1 Å². The van der Waals surface area contributed by atoms with Crippen LogP contribution in [-0.2, 0) is 20.5 Å². The summed E-state index contributed by atoms with van der Waals surface area (Å²) in [5.74, 6) is -1.09. The maximum Gasteiger partial charge on any atom is 0.332 e. The van der Waals surface area contributed by atoms with Crippen molar-refractivity contribution < 1.29 is 4.79 Å². The first-order chi connectivity index (χ1) is 13.3. The maximum absolute atomic E-state index is 12.9. The number of nitrogens with two attached hydrogens (primary N) is 1. The van der Waals surface area contributed by atoms with Crippen LogP contribution in [-0.4, -0.2) is 19.9 Å². The molecule has 8 nitrogen and oxygen atoms in total. The molecule has 0 aliphatic heterocycles. The Kier molecular flexibility index (Phi) is 4.76. The third-order valence-electron chi connectivity index (χ3n) is 4.82. The lowest BCUT2D eigenvalue weighted by Crippen LogP contribution is -2.41. The number of ketones is 1. The van der Waals surface area contributed by atoms with E-state index in [2.05, 4.69) is 4.98 Å². The molecule has 8 heteroatoms. The number of aromatic amines is 1. The summed E-state index contributed by atoms with van der Waals surface area (Å²) in [4.78, 5) is 40.4. The number of anilines is 1. The SMILES string of the molecule is CCc1cccc2c(/C=C(\C#N)C(=O)c3c(N)n(C)c(=O)n(C)c3=O)c[nH]c12. The van der Waals surface area contributed by atoms with E-state index in [-0.39, 0.29) is 11.4 Å². The first-order valence-corrected chi connectivity index (χ1v) is 8.62. The Morgan fingerprint density at radius 2 is 2.00 bits per heavy atom. The molecule has 1 aromatic carbocycles. The number of aromatic nitrogens is 3. The van der Waals surface area contributed by atoms with E-state index in [1.54, 1.807) is 6.20 Å². The normalized spacial score (nSPS) is 11.6. The van der Waals surface area contributed by atoms with Crippen LogP contribution in [0, 0.1) is 11.3 Å². The fourth-order valence-corrected chi connectivity index (χ4v) is 3.16. The van der Waals surface area contributed by atoms with Gasteiger partial charge in [-0.05, 0) is 18.1 Å². The molecule has 2 heterocycles. The van der Waals surface area contributed by atoms with Gasteiger partial charge >= 0.3 is 5.69 Å². The van der Waals surface area contributed by atoms with Crippen LogP contribution in [0.2, 0.25) is 0 Å². The predicted molar refractivity (Wildman–Crippen MR) is 107 cm³/mol. The number of Topliss-reactive ketones (excluding diaryl/α,β-unsaturated/α-hetero) is 1. The molecule has 0 spiro atoms. The number of hydrogen-bond acceptors (Lipinski definition) is 5. The van der Waals surface area contributed by atoms with E-state index in [4.69, 9.17) is 5.73 Å². The van der Waals surface area contributed by atoms with Gasteiger partial charge in [0.25, 0.3) is 5.56 Å². The molecular weight excluding hydrogens is 358 g/mol. The molecule has 0 fully saturated rings. The highest BCUT2D eigenvalue weighted by atomic mass is 16.2. The number of hydrogen-bond donors (Lipinski definition) is 2. The number of benzene rings is 1. The summed E-state index contributed by atoms with van der Waals surface area (Å²) in [7, 11) is 2.61. The number of nitrogens with one attached hydrogen (secondary N) is 1. The lowest BCUT2D eigenvalue weighted by Gasteiger charge is -2.10. The molecule has 3 rings (SSSR count). The third kappa shape index (κ3) is 2.83. The number of rotatable bonds is 4. The van der Waals surface area contributed by atoms with Crippen molar-refractivity contribution in [3.8, 4) is 6.07 Å². The average molecular weight is 377 g/mol. The molecule has 28 heavy (non-hydrogen) atoms. The fourth-order valence-electron chi connectivity index (χ4n) is 3.16. The van der Waals surface area contributed by atoms with Crippen molar-refractivity contribution in [2.45, 2.75) is 13.3 Å². The van der Waals surface area contributed by atoms with E-state index in [1.807, 2.05) is 31.2 Å². The van der Waals surface area contributed by atoms with Crippen molar-refractivity contribution in [3.63, 3.8) is 0 Å². The molecule has 0 aliphatic rings. The number of carbonyl (C=O) groups is 1. The van der Waals surface area contributed by atoms with Crippen LogP contribution >= 0.6 is 0 Å². The number of nitrogen functional groups attached to an aromatic ring is 1. The molecule has 3 N–H and O–H groups in total. The number of H-pyrrole nitrogens is 1. The van der Waals surface area contributed by atoms with Crippen LogP contribution in [0.25, 0.3) is 17.0 Å². The molecule has 0 radical (unpaired) electrons. The lowest BCUT2D eigenvalue weighted by molar-refractivity contribution is 0.103. The minimum absolute atomic E-state index is 0.245. The van der Waals surface area contributed by atoms with Gasteiger partial charge in [0.2, 0.25) is 5.78 Å². The second kappa shape index (κ2) is 7.04. The monoisotopic (exact) mass is 377 g/mol. The van der Waals surface area contributed by atoms with Gasteiger partial charge < -0.3 is 10.7 Å². The highest BCUT2D eigenvalue weighted by molar-refractivity contribution is 6.16. The Bertz CT molecular complexity index is 1300. The molecule has 0 atom stereocenters. The zero-order valence-electron chi connectivity index (χ0n) is 15.7. The number of fused-ring (bicyclic) bond motifs is 1. The van der Waals surface area contributed by atoms with Gasteiger partial charge in [0, 0.05) is 36.8 Å². The Morgan fingerprint density at radius 3 is 2.64 bits per heavy atom. The number of nitrogens with zero attached hydrogens (tertiary/aromatic N) is 3. The Labute approximate surface area is 160 Å². The standard InChI is InChI=1S/C20H19N5O3/c1-4-11-6-5-7-14-13(10-23-16(11)14)8-12(9-21)17(26)15-18(22)24(2)20(28)25(3)19(15)27/h5-8,10,23H,4,22H2,1-3H3/b12-8+. The Balaban J connectivity index is 2.19. The molecule has 0 amide bonds. The zero-order chi connectivity index (χ0) is 20.6. The van der Waals surface area contributed by atoms with Crippen LogP contribution in [0.1, 0.15) is 28.4 Å². The summed E-state index contributed by atoms with van der Waals surface area (Å²) in [5, 5.41) is 10.4. The van der Waals surface area contributed by atoms with Gasteiger partial charge in [0.15, 0.2) is 0 Å². The molecule has 0 saturated heterocycles. The van der Waals surface area contributed by atoms with Gasteiger partial charge in [-0.25, -0.2) is 4.79 Å². The molecule has 0 aliphatic carbocycles. The smallest absolute Gasteiger partial charge is 0.332 e. The van der Waals surface area contributed by atoms with Gasteiger partial charge in [0.1, 0.15) is 23.0 Å². The van der Waals surface area contributed by atoms with Crippen LogP contribution in [0.4, 0.5) is 5.82 Å². The van der Waals surface area contributed by atoms with Crippen molar-refractivity contribution in [1.82, 2.24) is 14.1 Å². The molecule has 0 bridgehead atoms. The number of nitriles is 1. The van der Waals surface area contributed by atoms with Crippen molar-refractivity contribution in [2.75, 3.05) is 5.73 Å². The highest BCUT2D eigenvalue weighted by Crippen LogP contribution is 2.25. The summed E-state index contributed by atoms with van der Waals surface area (Å²) >= 11 is 0. The van der Waals surface area contributed by atoms with Gasteiger partial charge in [-0.15, -0.1) is 0 Å². The van der Waals surface area contributed by atoms with E-state index in [1.165, 1.54) is 20.2 Å². The zero-order valence-corrected chi connectivity index (χ0v) is 15.7. The first-order valence-electron chi connectivity index (χ1n) is 8.62. The van der Waals surface area contributed by atoms with Crippen molar-refractivity contribution in [1.29, 1.82) is 5.26 Å². The van der Waals surface area contributed by atoms with Crippen LogP contribution < -0.4 is 17.0 Å². The van der Waals surface area contributed by atoms with Crippen LogP contribution in [0.5, 0.6) is 0 Å². The maximum atomic E-state index is 12.9. The van der Waals surface area contributed by atoms with Gasteiger partial charge in [-0.3, -0.25) is 18.7 Å². The summed E-state index contributed by atoms with van der Waals surface area (Å²) < 4.78 is 1.79. The van der Waals surface area contributed by atoms with Crippen molar-refractivity contribution in [3.05, 3.63) is 67.5 Å². The summed E-state index contributed by atoms with van der Waals surface area (Å²) in [6, 6.07) is 7.63. The first kappa shape index (κ1) is 18.9. The summed E-state index contributed by atoms with van der Waals surface area (Å²) in [6.07, 6.45) is 3.96. The van der Waals surface area contributed by atoms with Crippen molar-refractivity contribution >= 4 is 28.6 Å². The second-order valence-corrected chi connectivity index (χ2v) is 6.40. The number of carbonyl (C=O) groups excluding carboxylic acids is 1. The fraction of sp³-hybridized carbons (Fsp3) is 0.200. The largest absolute Gasteiger partial charge is 0.384 e. The number of para-hydroxylation sites is 1. The molecule has 0 saturated carbocycles. The molecule has 142 valence electrons. The number of aryl methyl sites for hydroxylation is 1. The molecule has 2 aromatic heterocycles. The van der Waals surface area contributed by atoms with E-state index in [9.17, 15) is 19.6 Å². The topological polar surface area (TPSA) is 127 Å². The van der Waals surface area contributed by atoms with E-state index in [0.29, 0.717) is 5.56 Å². The second-order valence-electron chi connectivity index (χ2n) is 6.40. The summed E-state index contributed by atoms with van der Waals surface area (Å²) in [6.45, 7) is 2.04. The van der Waals surface area contributed by atoms with Gasteiger partial charge in [0.05, 0.1) is 0 Å². The Hall–Kier alpha value is -3.86. The minimum Gasteiger partial charge on any atom is -0.384 e. The minimum atomic E-state index is -0.834. The van der Waals surface area contributed by atoms with E-state index < -0.39 is 22.6 Å². The van der Waals surface area contributed by atoms with E-state index in [0.717, 1.165) is 32.0 Å². The van der Waals surface area contributed by atoms with Gasteiger partial charge in [-0.2, -0.15) is 5.26 Å². The lowest BCUT2D eigenvalue weighted by atomic mass is 10.0.